The lowest BCUT2D eigenvalue weighted by molar-refractivity contribution is -0.171. The molecule has 0 radical (unpaired) electrons. The van der Waals surface area contributed by atoms with Crippen molar-refractivity contribution in [2.45, 2.75) is 192 Å². The van der Waals surface area contributed by atoms with Crippen molar-refractivity contribution < 1.29 is 62.0 Å². The van der Waals surface area contributed by atoms with Crippen LogP contribution in [-0.2, 0) is 57.2 Å². The van der Waals surface area contributed by atoms with Gasteiger partial charge >= 0.3 is 41.8 Å². The SMILES string of the molecule is O=C(CCCN(CCCC(=O)OC(COC(=O)C1CCC2CCCC2C1)COC(=O)C1CCC2CCCC2C1)C(=O)n1ccnc1)OC(COC(=O)C1CCC2CCCC2C1)COC(=O)C1CCC2CCCC2C1. The van der Waals surface area contributed by atoms with Crippen LogP contribution in [0.2, 0.25) is 0 Å². The number of amides is 1. The maximum atomic E-state index is 13.7. The predicted octanol–water partition coefficient (Wildman–Crippen LogP) is 9.58. The molecule has 8 fully saturated rings. The minimum absolute atomic E-state index is 0.0746. The van der Waals surface area contributed by atoms with E-state index >= 15 is 0 Å². The molecular formula is C58H85N3O13. The van der Waals surface area contributed by atoms with Gasteiger partial charge in [-0.15, -0.1) is 0 Å². The molecule has 0 bridgehead atoms. The number of esters is 6. The van der Waals surface area contributed by atoms with Gasteiger partial charge in [0.15, 0.2) is 12.2 Å². The first-order valence-corrected chi connectivity index (χ1v) is 29.4. The molecule has 0 spiro atoms. The molecule has 0 saturated heterocycles. The van der Waals surface area contributed by atoms with Gasteiger partial charge < -0.3 is 33.3 Å². The van der Waals surface area contributed by atoms with E-state index in [0.29, 0.717) is 47.3 Å². The van der Waals surface area contributed by atoms with Crippen molar-refractivity contribution in [2.75, 3.05) is 39.5 Å². The lowest BCUT2D eigenvalue weighted by atomic mass is 9.76. The highest BCUT2D eigenvalue weighted by atomic mass is 16.6. The average molecular weight is 1030 g/mol. The average Bonchev–Trinajstić information content (AvgIpc) is 4.29. The van der Waals surface area contributed by atoms with Gasteiger partial charge in [-0.25, -0.2) is 9.78 Å². The Hall–Kier alpha value is -4.50. The summed E-state index contributed by atoms with van der Waals surface area (Å²) < 4.78 is 36.3. The first-order chi connectivity index (χ1) is 36.0. The second-order valence-electron chi connectivity index (χ2n) is 24.0. The van der Waals surface area contributed by atoms with Gasteiger partial charge in [0, 0.05) is 38.3 Å². The van der Waals surface area contributed by atoms with E-state index in [1.54, 1.807) is 0 Å². The summed E-state index contributed by atoms with van der Waals surface area (Å²) >= 11 is 0. The van der Waals surface area contributed by atoms with Crippen molar-refractivity contribution >= 4 is 41.8 Å². The number of ether oxygens (including phenoxy) is 6. The van der Waals surface area contributed by atoms with Gasteiger partial charge in [-0.3, -0.25) is 33.3 Å². The molecule has 1 aromatic heterocycles. The Bertz CT molecular complexity index is 1850. The summed E-state index contributed by atoms with van der Waals surface area (Å²) in [7, 11) is 0. The van der Waals surface area contributed by atoms with E-state index < -0.39 is 30.2 Å². The van der Waals surface area contributed by atoms with Crippen LogP contribution in [0.5, 0.6) is 0 Å². The number of hydrogen-bond donors (Lipinski definition) is 0. The first-order valence-electron chi connectivity index (χ1n) is 29.4. The molecule has 1 aromatic rings. The molecule has 8 saturated carbocycles. The maximum absolute atomic E-state index is 13.7. The molecule has 0 aromatic carbocycles. The highest BCUT2D eigenvalue weighted by Gasteiger charge is 2.41. The fourth-order valence-corrected chi connectivity index (χ4v) is 15.2. The number of aromatic nitrogens is 2. The van der Waals surface area contributed by atoms with E-state index in [1.165, 1.54) is 79.6 Å². The Labute approximate surface area is 438 Å². The standard InChI is InChI=1S/C58H85N3O13/c62-52(73-50(33-69-54(64)46-21-17-38-7-1-11-42(38)29-46)34-70-55(65)47-22-18-39-8-2-12-43(39)30-47)15-5-26-60(58(68)61-28-25-59-37-61)27-6-16-53(63)74-51(35-71-56(66)48-23-19-40-9-3-13-44(40)31-48)36-72-57(67)49-24-20-41-10-4-14-45(41)32-49/h25,28,37-51H,1-24,26-27,29-36H2. The van der Waals surface area contributed by atoms with E-state index in [1.807, 2.05) is 0 Å². The quantitative estimate of drug-likeness (QED) is 0.0786. The van der Waals surface area contributed by atoms with Crippen LogP contribution in [0.3, 0.4) is 0 Å². The monoisotopic (exact) mass is 1030 g/mol. The highest BCUT2D eigenvalue weighted by molar-refractivity contribution is 5.77. The molecule has 16 heteroatoms. The lowest BCUT2D eigenvalue weighted by Gasteiger charge is -2.31. The summed E-state index contributed by atoms with van der Waals surface area (Å²) in [4.78, 5) is 99.6. The Balaban J connectivity index is 0.758. The molecule has 0 aliphatic heterocycles. The van der Waals surface area contributed by atoms with Crippen molar-refractivity contribution in [3.05, 3.63) is 18.7 Å². The van der Waals surface area contributed by atoms with Crippen molar-refractivity contribution in [3.8, 4) is 0 Å². The summed E-state index contributed by atoms with van der Waals surface area (Å²) in [5.41, 5.74) is 0. The third-order valence-electron chi connectivity index (χ3n) is 19.3. The molecule has 12 unspecified atom stereocenters. The molecule has 9 rings (SSSR count). The van der Waals surface area contributed by atoms with Crippen LogP contribution in [0.4, 0.5) is 4.79 Å². The molecule has 0 N–H and O–H groups in total. The van der Waals surface area contributed by atoms with Crippen molar-refractivity contribution in [1.82, 2.24) is 14.5 Å². The zero-order chi connectivity index (χ0) is 51.4. The fraction of sp³-hybridized carbons (Fsp3) is 0.828. The Morgan fingerprint density at radius 2 is 0.770 bits per heavy atom. The van der Waals surface area contributed by atoms with Gasteiger partial charge in [-0.05, 0) is 137 Å². The zero-order valence-electron chi connectivity index (χ0n) is 44.0. The van der Waals surface area contributed by atoms with E-state index in [4.69, 9.17) is 28.4 Å². The van der Waals surface area contributed by atoms with Crippen molar-refractivity contribution in [1.29, 1.82) is 0 Å². The van der Waals surface area contributed by atoms with Gasteiger partial charge in [-0.1, -0.05) is 77.0 Å². The number of nitrogens with zero attached hydrogens (tertiary/aromatic N) is 3. The van der Waals surface area contributed by atoms with Gasteiger partial charge in [-0.2, -0.15) is 0 Å². The second kappa shape index (κ2) is 26.5. The molecule has 12 atom stereocenters. The van der Waals surface area contributed by atoms with Gasteiger partial charge in [0.25, 0.3) is 0 Å². The third-order valence-corrected chi connectivity index (χ3v) is 19.3. The second-order valence-corrected chi connectivity index (χ2v) is 24.0. The lowest BCUT2D eigenvalue weighted by Crippen LogP contribution is -2.37. The van der Waals surface area contributed by atoms with Crippen LogP contribution in [0, 0.1) is 71.0 Å². The van der Waals surface area contributed by atoms with E-state index in [9.17, 15) is 33.6 Å². The minimum atomic E-state index is -0.981. The fourth-order valence-electron chi connectivity index (χ4n) is 15.2. The highest BCUT2D eigenvalue weighted by Crippen LogP contribution is 2.47. The van der Waals surface area contributed by atoms with Crippen LogP contribution in [0.1, 0.15) is 180 Å². The summed E-state index contributed by atoms with van der Waals surface area (Å²) in [6.07, 6.45) is 27.5. The number of rotatable bonds is 22. The smallest absolute Gasteiger partial charge is 0.329 e. The van der Waals surface area contributed by atoms with Crippen molar-refractivity contribution in [2.24, 2.45) is 71.0 Å². The summed E-state index contributed by atoms with van der Waals surface area (Å²) in [5, 5.41) is 0. The maximum Gasteiger partial charge on any atom is 0.329 e. The zero-order valence-corrected chi connectivity index (χ0v) is 44.0. The molecule has 1 amide bonds. The normalized spacial score (nSPS) is 31.8. The van der Waals surface area contributed by atoms with Crippen molar-refractivity contribution in [3.63, 3.8) is 0 Å². The molecule has 74 heavy (non-hydrogen) atoms. The largest absolute Gasteiger partial charge is 0.461 e. The van der Waals surface area contributed by atoms with Crippen LogP contribution in [0.15, 0.2) is 18.7 Å². The summed E-state index contributed by atoms with van der Waals surface area (Å²) in [6, 6.07) is -0.394. The molecular weight excluding hydrogens is 947 g/mol. The minimum Gasteiger partial charge on any atom is -0.461 e. The Morgan fingerprint density at radius 1 is 0.446 bits per heavy atom. The molecule has 1 heterocycles. The van der Waals surface area contributed by atoms with Crippen LogP contribution < -0.4 is 0 Å². The predicted molar refractivity (Wildman–Crippen MR) is 269 cm³/mol. The van der Waals surface area contributed by atoms with E-state index in [-0.39, 0.29) is 113 Å². The first kappa shape index (κ1) is 54.3. The summed E-state index contributed by atoms with van der Waals surface area (Å²) in [6.45, 7) is -0.574. The number of carbonyl (C=O) groups is 7. The Morgan fingerprint density at radius 3 is 1.08 bits per heavy atom. The van der Waals surface area contributed by atoms with E-state index in [0.717, 1.165) is 103 Å². The molecule has 16 nitrogen and oxygen atoms in total. The third kappa shape index (κ3) is 14.7. The number of imidazole rings is 1. The van der Waals surface area contributed by atoms with Gasteiger partial charge in [0.05, 0.1) is 23.7 Å². The van der Waals surface area contributed by atoms with Crippen LogP contribution >= 0.6 is 0 Å². The number of hydrogen-bond acceptors (Lipinski definition) is 14. The van der Waals surface area contributed by atoms with Gasteiger partial charge in [0.1, 0.15) is 32.8 Å². The topological polar surface area (TPSA) is 196 Å². The van der Waals surface area contributed by atoms with Gasteiger partial charge in [0.2, 0.25) is 0 Å². The Kier molecular flexibility index (Phi) is 19.5. The van der Waals surface area contributed by atoms with E-state index in [2.05, 4.69) is 4.98 Å². The summed E-state index contributed by atoms with van der Waals surface area (Å²) in [5.74, 6) is 1.85. The molecule has 8 aliphatic rings. The molecule has 410 valence electrons. The van der Waals surface area contributed by atoms with Crippen LogP contribution in [0.25, 0.3) is 0 Å². The number of carbonyl (C=O) groups excluding carboxylic acids is 7. The van der Waals surface area contributed by atoms with Crippen LogP contribution in [-0.4, -0.2) is 108 Å². The number of fused-ring (bicyclic) bond motifs is 4. The molecule has 8 aliphatic carbocycles.